The molecule has 2 aromatic heterocycles. The van der Waals surface area contributed by atoms with Crippen LogP contribution >= 0.6 is 11.6 Å². The topological polar surface area (TPSA) is 91.3 Å². The summed E-state index contributed by atoms with van der Waals surface area (Å²) in [5, 5.41) is 18.5. The molecule has 4 aromatic rings. The minimum atomic E-state index is -0.424. The molecule has 3 heterocycles. The number of aryl methyl sites for hydroxylation is 1. The number of aromatic hydroxyl groups is 1. The number of halogens is 1. The number of aromatic nitrogens is 3. The van der Waals surface area contributed by atoms with Crippen LogP contribution in [-0.4, -0.2) is 38.2 Å². The Kier molecular flexibility index (Phi) is 5.26. The fraction of sp³-hybridized carbons (Fsp3) is 0.160. The fourth-order valence-corrected chi connectivity index (χ4v) is 4.41. The molecule has 5 rings (SSSR count). The van der Waals surface area contributed by atoms with Gasteiger partial charge in [0.15, 0.2) is 0 Å². The van der Waals surface area contributed by atoms with E-state index in [-0.39, 0.29) is 11.7 Å². The number of phenolic OH excluding ortho intramolecular Hbond substituents is 1. The first-order valence-electron chi connectivity index (χ1n) is 10.4. The monoisotopic (exact) mass is 460 g/mol. The SMILES string of the molecule is COc1ccc(C2c3c(-c4cc(Cl)c(C)cc4O)n[nH]c3C(=O)N2Cc2cccnc2)cc1. The minimum absolute atomic E-state index is 0.0536. The van der Waals surface area contributed by atoms with Crippen LogP contribution in [0.25, 0.3) is 11.3 Å². The molecule has 2 aromatic carbocycles. The molecule has 0 saturated carbocycles. The van der Waals surface area contributed by atoms with Crippen LogP contribution in [0.3, 0.4) is 0 Å². The van der Waals surface area contributed by atoms with E-state index >= 15 is 0 Å². The number of carbonyl (C=O) groups excluding carboxylic acids is 1. The predicted octanol–water partition coefficient (Wildman–Crippen LogP) is 4.89. The van der Waals surface area contributed by atoms with Gasteiger partial charge >= 0.3 is 0 Å². The number of H-pyrrole nitrogens is 1. The molecule has 1 aliphatic rings. The number of fused-ring (bicyclic) bond motifs is 1. The first-order valence-corrected chi connectivity index (χ1v) is 10.8. The highest BCUT2D eigenvalue weighted by molar-refractivity contribution is 6.31. The first-order chi connectivity index (χ1) is 16.0. The summed E-state index contributed by atoms with van der Waals surface area (Å²) in [5.74, 6) is 0.599. The Morgan fingerprint density at radius 1 is 1.21 bits per heavy atom. The van der Waals surface area contributed by atoms with Crippen molar-refractivity contribution in [2.45, 2.75) is 19.5 Å². The van der Waals surface area contributed by atoms with Gasteiger partial charge in [-0.1, -0.05) is 29.8 Å². The van der Waals surface area contributed by atoms with Crippen LogP contribution in [0.15, 0.2) is 60.9 Å². The maximum absolute atomic E-state index is 13.5. The van der Waals surface area contributed by atoms with Gasteiger partial charge in [0.05, 0.1) is 13.2 Å². The Labute approximate surface area is 195 Å². The standard InChI is InChI=1S/C25H21ClN4O3/c1-14-10-20(31)18(11-19(14)26)22-21-23(29-28-22)25(32)30(13-15-4-3-9-27-12-15)24(21)16-5-7-17(33-2)8-6-16/h3-12,24,31H,13H2,1-2H3,(H,28,29). The molecule has 33 heavy (non-hydrogen) atoms. The van der Waals surface area contributed by atoms with Gasteiger partial charge in [-0.05, 0) is 53.9 Å². The Hall–Kier alpha value is -3.84. The van der Waals surface area contributed by atoms with Crippen molar-refractivity contribution in [1.82, 2.24) is 20.1 Å². The molecule has 7 nitrogen and oxygen atoms in total. The zero-order valence-electron chi connectivity index (χ0n) is 18.0. The number of phenols is 1. The summed E-state index contributed by atoms with van der Waals surface area (Å²) >= 11 is 6.36. The maximum Gasteiger partial charge on any atom is 0.273 e. The molecular formula is C25H21ClN4O3. The number of pyridine rings is 1. The molecule has 0 bridgehead atoms. The number of hydrogen-bond donors (Lipinski definition) is 2. The normalized spacial score (nSPS) is 15.1. The average molecular weight is 461 g/mol. The fourth-order valence-electron chi connectivity index (χ4n) is 4.24. The third kappa shape index (κ3) is 3.60. The average Bonchev–Trinajstić information content (AvgIpc) is 3.36. The van der Waals surface area contributed by atoms with E-state index in [4.69, 9.17) is 16.3 Å². The summed E-state index contributed by atoms with van der Waals surface area (Å²) in [6, 6.07) is 14.2. The Bertz CT molecular complexity index is 1340. The number of ether oxygens (including phenoxy) is 1. The third-order valence-electron chi connectivity index (χ3n) is 5.90. The molecule has 1 aliphatic heterocycles. The van der Waals surface area contributed by atoms with Crippen LogP contribution in [0.5, 0.6) is 11.5 Å². The van der Waals surface area contributed by atoms with Crippen molar-refractivity contribution in [2.24, 2.45) is 0 Å². The van der Waals surface area contributed by atoms with Crippen LogP contribution < -0.4 is 4.74 Å². The molecule has 8 heteroatoms. The van der Waals surface area contributed by atoms with Gasteiger partial charge in [-0.2, -0.15) is 5.10 Å². The Balaban J connectivity index is 1.67. The van der Waals surface area contributed by atoms with Crippen molar-refractivity contribution in [3.63, 3.8) is 0 Å². The Morgan fingerprint density at radius 3 is 2.70 bits per heavy atom. The van der Waals surface area contributed by atoms with Crippen molar-refractivity contribution in [3.05, 3.63) is 93.9 Å². The largest absolute Gasteiger partial charge is 0.507 e. The number of methoxy groups -OCH3 is 1. The number of aromatic amines is 1. The third-order valence-corrected chi connectivity index (χ3v) is 6.31. The number of hydrogen-bond acceptors (Lipinski definition) is 5. The van der Waals surface area contributed by atoms with E-state index < -0.39 is 6.04 Å². The van der Waals surface area contributed by atoms with Gasteiger partial charge in [0, 0.05) is 35.1 Å². The highest BCUT2D eigenvalue weighted by Gasteiger charge is 2.42. The lowest BCUT2D eigenvalue weighted by atomic mass is 9.95. The van der Waals surface area contributed by atoms with Crippen LogP contribution in [0.1, 0.15) is 38.8 Å². The summed E-state index contributed by atoms with van der Waals surface area (Å²) in [6.07, 6.45) is 3.44. The van der Waals surface area contributed by atoms with Gasteiger partial charge in [0.25, 0.3) is 5.91 Å². The van der Waals surface area contributed by atoms with E-state index in [1.807, 2.05) is 43.3 Å². The van der Waals surface area contributed by atoms with Gasteiger partial charge in [0.1, 0.15) is 22.9 Å². The smallest absolute Gasteiger partial charge is 0.273 e. The molecule has 1 atom stereocenters. The molecule has 166 valence electrons. The lowest BCUT2D eigenvalue weighted by Crippen LogP contribution is -2.29. The van der Waals surface area contributed by atoms with Gasteiger partial charge in [-0.25, -0.2) is 0 Å². The van der Waals surface area contributed by atoms with E-state index in [1.54, 1.807) is 36.5 Å². The van der Waals surface area contributed by atoms with Crippen molar-refractivity contribution in [3.8, 4) is 22.8 Å². The highest BCUT2D eigenvalue weighted by Crippen LogP contribution is 2.46. The van der Waals surface area contributed by atoms with E-state index in [9.17, 15) is 9.90 Å². The first kappa shape index (κ1) is 21.0. The number of nitrogens with zero attached hydrogens (tertiary/aromatic N) is 3. The molecule has 0 fully saturated rings. The molecular weight excluding hydrogens is 440 g/mol. The number of amides is 1. The van der Waals surface area contributed by atoms with E-state index in [2.05, 4.69) is 15.2 Å². The molecule has 0 spiro atoms. The molecule has 0 radical (unpaired) electrons. The predicted molar refractivity (Wildman–Crippen MR) is 124 cm³/mol. The second kappa shape index (κ2) is 8.26. The second-order valence-corrected chi connectivity index (χ2v) is 8.36. The van der Waals surface area contributed by atoms with E-state index in [1.165, 1.54) is 0 Å². The minimum Gasteiger partial charge on any atom is -0.507 e. The summed E-state index contributed by atoms with van der Waals surface area (Å²) in [6.45, 7) is 2.19. The quantitative estimate of drug-likeness (QED) is 0.442. The van der Waals surface area contributed by atoms with Gasteiger partial charge in [-0.15, -0.1) is 0 Å². The molecule has 2 N–H and O–H groups in total. The molecule has 0 saturated heterocycles. The highest BCUT2D eigenvalue weighted by atomic mass is 35.5. The van der Waals surface area contributed by atoms with Crippen LogP contribution in [0.4, 0.5) is 0 Å². The van der Waals surface area contributed by atoms with E-state index in [0.717, 1.165) is 22.4 Å². The number of benzene rings is 2. The van der Waals surface area contributed by atoms with Crippen LogP contribution in [0, 0.1) is 6.92 Å². The second-order valence-electron chi connectivity index (χ2n) is 7.95. The van der Waals surface area contributed by atoms with E-state index in [0.29, 0.717) is 34.1 Å². The van der Waals surface area contributed by atoms with Gasteiger partial charge in [-0.3, -0.25) is 14.9 Å². The van der Waals surface area contributed by atoms with Crippen molar-refractivity contribution >= 4 is 17.5 Å². The summed E-state index contributed by atoms with van der Waals surface area (Å²) in [4.78, 5) is 19.4. The maximum atomic E-state index is 13.5. The van der Waals surface area contributed by atoms with Gasteiger partial charge < -0.3 is 14.7 Å². The zero-order chi connectivity index (χ0) is 23.1. The van der Waals surface area contributed by atoms with Crippen molar-refractivity contribution in [1.29, 1.82) is 0 Å². The number of rotatable bonds is 5. The van der Waals surface area contributed by atoms with Crippen molar-refractivity contribution < 1.29 is 14.6 Å². The lowest BCUT2D eigenvalue weighted by Gasteiger charge is -2.26. The van der Waals surface area contributed by atoms with Crippen LogP contribution in [-0.2, 0) is 6.54 Å². The summed E-state index contributed by atoms with van der Waals surface area (Å²) in [7, 11) is 1.61. The summed E-state index contributed by atoms with van der Waals surface area (Å²) < 4.78 is 5.31. The molecule has 1 unspecified atom stereocenters. The molecule has 0 aliphatic carbocycles. The zero-order valence-corrected chi connectivity index (χ0v) is 18.8. The lowest BCUT2D eigenvalue weighted by molar-refractivity contribution is 0.0730. The number of nitrogens with one attached hydrogen (secondary N) is 1. The summed E-state index contributed by atoms with van der Waals surface area (Å²) in [5.41, 5.74) is 4.61. The van der Waals surface area contributed by atoms with Crippen molar-refractivity contribution in [2.75, 3.05) is 7.11 Å². The van der Waals surface area contributed by atoms with Crippen LogP contribution in [0.2, 0.25) is 5.02 Å². The van der Waals surface area contributed by atoms with Gasteiger partial charge in [0.2, 0.25) is 0 Å². The molecule has 1 amide bonds. The Morgan fingerprint density at radius 2 is 2.00 bits per heavy atom. The number of carbonyl (C=O) groups is 1.